The zero-order valence-electron chi connectivity index (χ0n) is 9.87. The molecule has 0 fully saturated rings. The number of aromatic nitrogens is 1. The first-order chi connectivity index (χ1) is 9.01. The molecule has 0 amide bonds. The number of nitrogen functional groups attached to an aromatic ring is 1. The molecule has 0 saturated heterocycles. The van der Waals surface area contributed by atoms with Crippen molar-refractivity contribution in [3.63, 3.8) is 0 Å². The highest BCUT2D eigenvalue weighted by Gasteiger charge is 2.14. The Morgan fingerprint density at radius 2 is 2.05 bits per heavy atom. The minimum atomic E-state index is -3.69. The molecule has 1 aromatic heterocycles. The second-order valence-corrected chi connectivity index (χ2v) is 5.43. The summed E-state index contributed by atoms with van der Waals surface area (Å²) in [6.07, 6.45) is 6.46. The van der Waals surface area contributed by atoms with E-state index < -0.39 is 10.0 Å². The predicted molar refractivity (Wildman–Crippen MR) is 73.8 cm³/mol. The molecule has 0 aliphatic rings. The smallest absolute Gasteiger partial charge is 0.263 e. The molecule has 0 spiro atoms. The van der Waals surface area contributed by atoms with Crippen LogP contribution in [0.5, 0.6) is 0 Å². The minimum Gasteiger partial charge on any atom is -0.384 e. The predicted octanol–water partition coefficient (Wildman–Crippen LogP) is 1.45. The number of sulfonamides is 1. The molecule has 0 radical (unpaired) electrons. The zero-order chi connectivity index (χ0) is 13.9. The molecule has 0 aliphatic carbocycles. The topological polar surface area (TPSA) is 85.1 Å². The van der Waals surface area contributed by atoms with Crippen LogP contribution in [0.2, 0.25) is 0 Å². The van der Waals surface area contributed by atoms with Crippen molar-refractivity contribution in [2.75, 3.05) is 10.5 Å². The van der Waals surface area contributed by atoms with Crippen LogP contribution in [0.25, 0.3) is 0 Å². The second-order valence-electron chi connectivity index (χ2n) is 3.75. The Morgan fingerprint density at radius 1 is 1.26 bits per heavy atom. The Balaban J connectivity index is 2.31. The highest BCUT2D eigenvalue weighted by Crippen LogP contribution is 2.16. The second kappa shape index (κ2) is 5.00. The molecule has 96 valence electrons. The van der Waals surface area contributed by atoms with Gasteiger partial charge < -0.3 is 5.73 Å². The molecule has 0 unspecified atom stereocenters. The molecule has 3 N–H and O–H groups in total. The van der Waals surface area contributed by atoms with Gasteiger partial charge in [0, 0.05) is 11.8 Å². The average molecular weight is 273 g/mol. The van der Waals surface area contributed by atoms with E-state index in [9.17, 15) is 8.42 Å². The van der Waals surface area contributed by atoms with E-state index in [0.717, 1.165) is 0 Å². The van der Waals surface area contributed by atoms with Crippen molar-refractivity contribution in [1.82, 2.24) is 4.98 Å². The van der Waals surface area contributed by atoms with Crippen molar-refractivity contribution in [3.05, 3.63) is 48.2 Å². The van der Waals surface area contributed by atoms with E-state index in [1.54, 1.807) is 24.3 Å². The van der Waals surface area contributed by atoms with E-state index in [-0.39, 0.29) is 10.7 Å². The van der Waals surface area contributed by atoms with Crippen molar-refractivity contribution < 1.29 is 8.42 Å². The maximum Gasteiger partial charge on any atom is 0.263 e. The third-order valence-electron chi connectivity index (χ3n) is 2.35. The van der Waals surface area contributed by atoms with Gasteiger partial charge in [-0.05, 0) is 30.3 Å². The largest absolute Gasteiger partial charge is 0.384 e. The van der Waals surface area contributed by atoms with E-state index in [4.69, 9.17) is 12.2 Å². The molecular formula is C13H11N3O2S. The molecule has 0 bridgehead atoms. The standard InChI is InChI=1S/C13H11N3O2S/c1-2-10-4-3-5-11(8-10)16-19(17,18)12-6-7-13(14)15-9-12/h1,3-9,16H,(H2,14,15). The van der Waals surface area contributed by atoms with Crippen LogP contribution in [0.3, 0.4) is 0 Å². The van der Waals surface area contributed by atoms with Gasteiger partial charge in [0.25, 0.3) is 10.0 Å². The van der Waals surface area contributed by atoms with E-state index in [1.807, 2.05) is 0 Å². The van der Waals surface area contributed by atoms with Crippen molar-refractivity contribution in [2.24, 2.45) is 0 Å². The lowest BCUT2D eigenvalue weighted by Crippen LogP contribution is -2.13. The lowest BCUT2D eigenvalue weighted by atomic mass is 10.2. The van der Waals surface area contributed by atoms with Gasteiger partial charge in [-0.2, -0.15) is 0 Å². The quantitative estimate of drug-likeness (QED) is 0.829. The number of anilines is 2. The number of hydrogen-bond donors (Lipinski definition) is 2. The highest BCUT2D eigenvalue weighted by atomic mass is 32.2. The van der Waals surface area contributed by atoms with Crippen LogP contribution >= 0.6 is 0 Å². The number of rotatable bonds is 3. The van der Waals surface area contributed by atoms with E-state index in [1.165, 1.54) is 18.3 Å². The maximum absolute atomic E-state index is 12.1. The molecule has 0 atom stereocenters. The van der Waals surface area contributed by atoms with Crippen molar-refractivity contribution in [2.45, 2.75) is 4.90 Å². The van der Waals surface area contributed by atoms with Crippen molar-refractivity contribution in [3.8, 4) is 12.3 Å². The molecule has 5 nitrogen and oxygen atoms in total. The van der Waals surface area contributed by atoms with Crippen molar-refractivity contribution >= 4 is 21.5 Å². The lowest BCUT2D eigenvalue weighted by molar-refractivity contribution is 0.601. The number of hydrogen-bond acceptors (Lipinski definition) is 4. The first kappa shape index (κ1) is 12.9. The summed E-state index contributed by atoms with van der Waals surface area (Å²) in [6.45, 7) is 0. The summed E-state index contributed by atoms with van der Waals surface area (Å²) in [5.41, 5.74) is 6.40. The number of nitrogens with two attached hydrogens (primary N) is 1. The fraction of sp³-hybridized carbons (Fsp3) is 0. The van der Waals surface area contributed by atoms with Crippen LogP contribution in [0, 0.1) is 12.3 Å². The number of terminal acetylenes is 1. The Kier molecular flexibility index (Phi) is 3.40. The zero-order valence-corrected chi connectivity index (χ0v) is 10.7. The summed E-state index contributed by atoms with van der Waals surface area (Å²) in [5.74, 6) is 2.69. The molecule has 0 saturated carbocycles. The summed E-state index contributed by atoms with van der Waals surface area (Å²) in [6, 6.07) is 9.38. The number of nitrogens with zero attached hydrogens (tertiary/aromatic N) is 1. The summed E-state index contributed by atoms with van der Waals surface area (Å²) in [5, 5.41) is 0. The summed E-state index contributed by atoms with van der Waals surface area (Å²) >= 11 is 0. The van der Waals surface area contributed by atoms with E-state index >= 15 is 0 Å². The highest BCUT2D eigenvalue weighted by molar-refractivity contribution is 7.92. The number of nitrogens with one attached hydrogen (secondary N) is 1. The minimum absolute atomic E-state index is 0.0350. The van der Waals surface area contributed by atoms with Gasteiger partial charge in [-0.3, -0.25) is 4.72 Å². The van der Waals surface area contributed by atoms with Crippen LogP contribution < -0.4 is 10.5 Å². The first-order valence-electron chi connectivity index (χ1n) is 5.32. The van der Waals surface area contributed by atoms with E-state index in [2.05, 4.69) is 15.6 Å². The first-order valence-corrected chi connectivity index (χ1v) is 6.80. The fourth-order valence-electron chi connectivity index (χ4n) is 1.44. The van der Waals surface area contributed by atoms with Gasteiger partial charge >= 0.3 is 0 Å². The third kappa shape index (κ3) is 3.03. The number of benzene rings is 1. The Hall–Kier alpha value is -2.52. The normalized spacial score (nSPS) is 10.7. The molecule has 0 aliphatic heterocycles. The molecule has 1 aromatic carbocycles. The summed E-state index contributed by atoms with van der Waals surface area (Å²) in [4.78, 5) is 3.78. The van der Waals surface area contributed by atoms with Gasteiger partial charge in [-0.1, -0.05) is 12.0 Å². The SMILES string of the molecule is C#Cc1cccc(NS(=O)(=O)c2ccc(N)nc2)c1. The molecule has 2 aromatic rings. The molecule has 2 rings (SSSR count). The Bertz CT molecular complexity index is 731. The molecule has 1 heterocycles. The van der Waals surface area contributed by atoms with Crippen molar-refractivity contribution in [1.29, 1.82) is 0 Å². The van der Waals surface area contributed by atoms with Crippen LogP contribution in [0.4, 0.5) is 11.5 Å². The number of pyridine rings is 1. The molecule has 19 heavy (non-hydrogen) atoms. The van der Waals surface area contributed by atoms with Gasteiger partial charge in [0.15, 0.2) is 0 Å². The third-order valence-corrected chi connectivity index (χ3v) is 3.72. The van der Waals surface area contributed by atoms with Gasteiger partial charge in [0.1, 0.15) is 10.7 Å². The van der Waals surface area contributed by atoms with Crippen LogP contribution in [-0.2, 0) is 10.0 Å². The monoisotopic (exact) mass is 273 g/mol. The average Bonchev–Trinajstić information content (AvgIpc) is 2.39. The fourth-order valence-corrected chi connectivity index (χ4v) is 2.43. The Labute approximate surface area is 111 Å². The maximum atomic E-state index is 12.1. The van der Waals surface area contributed by atoms with Crippen LogP contribution in [0.15, 0.2) is 47.5 Å². The Morgan fingerprint density at radius 3 is 2.68 bits per heavy atom. The van der Waals surface area contributed by atoms with Gasteiger partial charge in [0.05, 0.1) is 5.69 Å². The van der Waals surface area contributed by atoms with Gasteiger partial charge in [0.2, 0.25) is 0 Å². The van der Waals surface area contributed by atoms with Gasteiger partial charge in [-0.15, -0.1) is 6.42 Å². The summed E-state index contributed by atoms with van der Waals surface area (Å²) < 4.78 is 26.6. The molecular weight excluding hydrogens is 262 g/mol. The lowest BCUT2D eigenvalue weighted by Gasteiger charge is -2.08. The molecule has 6 heteroatoms. The van der Waals surface area contributed by atoms with E-state index in [0.29, 0.717) is 11.3 Å². The summed E-state index contributed by atoms with van der Waals surface area (Å²) in [7, 11) is -3.69. The van der Waals surface area contributed by atoms with Crippen LogP contribution in [-0.4, -0.2) is 13.4 Å². The van der Waals surface area contributed by atoms with Crippen LogP contribution in [0.1, 0.15) is 5.56 Å². The van der Waals surface area contributed by atoms with Gasteiger partial charge in [-0.25, -0.2) is 13.4 Å².